The van der Waals surface area contributed by atoms with E-state index in [-0.39, 0.29) is 6.10 Å². The van der Waals surface area contributed by atoms with Gasteiger partial charge in [-0.2, -0.15) is 0 Å². The molecule has 0 saturated carbocycles. The molecular formula is C10H22O2. The number of rotatable bonds is 7. The summed E-state index contributed by atoms with van der Waals surface area (Å²) in [5.41, 5.74) is 0. The van der Waals surface area contributed by atoms with E-state index in [1.54, 1.807) is 7.11 Å². The Morgan fingerprint density at radius 1 is 1.25 bits per heavy atom. The van der Waals surface area contributed by atoms with Crippen molar-refractivity contribution in [1.29, 1.82) is 0 Å². The first-order chi connectivity index (χ1) is 5.74. The van der Waals surface area contributed by atoms with Crippen LogP contribution in [0.5, 0.6) is 0 Å². The summed E-state index contributed by atoms with van der Waals surface area (Å²) in [6.45, 7) is 5.02. The maximum atomic E-state index is 9.53. The average Bonchev–Trinajstić information content (AvgIpc) is 2.10. The SMILES string of the molecule is CCC(CC)CC(O)CCOC. The van der Waals surface area contributed by atoms with Crippen molar-refractivity contribution in [1.82, 2.24) is 0 Å². The van der Waals surface area contributed by atoms with E-state index >= 15 is 0 Å². The van der Waals surface area contributed by atoms with Crippen molar-refractivity contribution < 1.29 is 9.84 Å². The molecule has 0 spiro atoms. The molecule has 0 heterocycles. The van der Waals surface area contributed by atoms with Crippen molar-refractivity contribution in [3.05, 3.63) is 0 Å². The van der Waals surface area contributed by atoms with Gasteiger partial charge in [-0.05, 0) is 18.8 Å². The molecule has 2 heteroatoms. The molecule has 0 saturated heterocycles. The smallest absolute Gasteiger partial charge is 0.0564 e. The monoisotopic (exact) mass is 174 g/mol. The molecule has 0 radical (unpaired) electrons. The zero-order chi connectivity index (χ0) is 9.40. The molecule has 0 aliphatic heterocycles. The second kappa shape index (κ2) is 7.56. The zero-order valence-electron chi connectivity index (χ0n) is 8.55. The number of hydrogen-bond acceptors (Lipinski definition) is 2. The van der Waals surface area contributed by atoms with Crippen LogP contribution in [-0.4, -0.2) is 24.9 Å². The van der Waals surface area contributed by atoms with Crippen LogP contribution in [0, 0.1) is 5.92 Å². The molecule has 0 aliphatic carbocycles. The van der Waals surface area contributed by atoms with Gasteiger partial charge in [0.25, 0.3) is 0 Å². The van der Waals surface area contributed by atoms with Gasteiger partial charge >= 0.3 is 0 Å². The van der Waals surface area contributed by atoms with Gasteiger partial charge in [0, 0.05) is 13.7 Å². The molecule has 1 atom stereocenters. The van der Waals surface area contributed by atoms with E-state index in [0.29, 0.717) is 12.5 Å². The Labute approximate surface area is 75.9 Å². The van der Waals surface area contributed by atoms with Gasteiger partial charge in [-0.25, -0.2) is 0 Å². The Morgan fingerprint density at radius 2 is 1.83 bits per heavy atom. The fourth-order valence-corrected chi connectivity index (χ4v) is 1.38. The molecule has 0 rings (SSSR count). The molecule has 0 aliphatic rings. The third-order valence-electron chi connectivity index (χ3n) is 2.42. The van der Waals surface area contributed by atoms with Crippen LogP contribution in [0.3, 0.4) is 0 Å². The summed E-state index contributed by atoms with van der Waals surface area (Å²) >= 11 is 0. The standard InChI is InChI=1S/C10H22O2/c1-4-9(5-2)8-10(11)6-7-12-3/h9-11H,4-8H2,1-3H3. The summed E-state index contributed by atoms with van der Waals surface area (Å²) in [5.74, 6) is 0.678. The van der Waals surface area contributed by atoms with Gasteiger partial charge in [0.1, 0.15) is 0 Å². The van der Waals surface area contributed by atoms with Crippen LogP contribution < -0.4 is 0 Å². The Balaban J connectivity index is 3.44. The highest BCUT2D eigenvalue weighted by Gasteiger charge is 2.10. The van der Waals surface area contributed by atoms with Crippen molar-refractivity contribution in [3.8, 4) is 0 Å². The minimum atomic E-state index is -0.171. The van der Waals surface area contributed by atoms with Gasteiger partial charge < -0.3 is 9.84 Å². The average molecular weight is 174 g/mol. The summed E-state index contributed by atoms with van der Waals surface area (Å²) in [6.07, 6.45) is 3.86. The van der Waals surface area contributed by atoms with Crippen LogP contribution in [0.25, 0.3) is 0 Å². The molecule has 1 N–H and O–H groups in total. The highest BCUT2D eigenvalue weighted by atomic mass is 16.5. The molecular weight excluding hydrogens is 152 g/mol. The maximum absolute atomic E-state index is 9.53. The second-order valence-electron chi connectivity index (χ2n) is 3.35. The molecule has 0 bridgehead atoms. The van der Waals surface area contributed by atoms with Crippen LogP contribution in [0.4, 0.5) is 0 Å². The van der Waals surface area contributed by atoms with E-state index in [9.17, 15) is 5.11 Å². The Bertz CT molecular complexity index is 89.8. The van der Waals surface area contributed by atoms with Crippen molar-refractivity contribution >= 4 is 0 Å². The van der Waals surface area contributed by atoms with Gasteiger partial charge in [0.05, 0.1) is 6.10 Å². The van der Waals surface area contributed by atoms with Gasteiger partial charge in [-0.3, -0.25) is 0 Å². The van der Waals surface area contributed by atoms with E-state index in [0.717, 1.165) is 12.8 Å². The first-order valence-electron chi connectivity index (χ1n) is 4.91. The highest BCUT2D eigenvalue weighted by molar-refractivity contribution is 4.62. The lowest BCUT2D eigenvalue weighted by Crippen LogP contribution is -2.14. The Morgan fingerprint density at radius 3 is 2.25 bits per heavy atom. The molecule has 0 aromatic rings. The number of ether oxygens (including phenoxy) is 1. The molecule has 74 valence electrons. The van der Waals surface area contributed by atoms with Crippen molar-refractivity contribution in [3.63, 3.8) is 0 Å². The summed E-state index contributed by atoms with van der Waals surface area (Å²) in [7, 11) is 1.67. The fourth-order valence-electron chi connectivity index (χ4n) is 1.38. The van der Waals surface area contributed by atoms with E-state index in [2.05, 4.69) is 13.8 Å². The number of methoxy groups -OCH3 is 1. The summed E-state index contributed by atoms with van der Waals surface area (Å²) < 4.78 is 4.90. The van der Waals surface area contributed by atoms with E-state index in [1.807, 2.05) is 0 Å². The lowest BCUT2D eigenvalue weighted by Gasteiger charge is -2.16. The van der Waals surface area contributed by atoms with E-state index < -0.39 is 0 Å². The number of aliphatic hydroxyl groups excluding tert-OH is 1. The largest absolute Gasteiger partial charge is 0.393 e. The third-order valence-corrected chi connectivity index (χ3v) is 2.42. The maximum Gasteiger partial charge on any atom is 0.0564 e. The van der Waals surface area contributed by atoms with Crippen molar-refractivity contribution in [2.75, 3.05) is 13.7 Å². The molecule has 0 fully saturated rings. The molecule has 1 unspecified atom stereocenters. The Hall–Kier alpha value is -0.0800. The van der Waals surface area contributed by atoms with Crippen LogP contribution in [-0.2, 0) is 4.74 Å². The van der Waals surface area contributed by atoms with Crippen LogP contribution >= 0.6 is 0 Å². The fraction of sp³-hybridized carbons (Fsp3) is 1.00. The summed E-state index contributed by atoms with van der Waals surface area (Å²) in [4.78, 5) is 0. The third kappa shape index (κ3) is 5.56. The zero-order valence-corrected chi connectivity index (χ0v) is 8.55. The minimum Gasteiger partial charge on any atom is -0.393 e. The van der Waals surface area contributed by atoms with Crippen LogP contribution in [0.15, 0.2) is 0 Å². The minimum absolute atomic E-state index is 0.171. The highest BCUT2D eigenvalue weighted by Crippen LogP contribution is 2.16. The van der Waals surface area contributed by atoms with Gasteiger partial charge in [-0.15, -0.1) is 0 Å². The first kappa shape index (κ1) is 11.9. The second-order valence-corrected chi connectivity index (χ2v) is 3.35. The Kier molecular flexibility index (Phi) is 7.51. The first-order valence-corrected chi connectivity index (χ1v) is 4.91. The van der Waals surface area contributed by atoms with Crippen molar-refractivity contribution in [2.45, 2.75) is 45.6 Å². The van der Waals surface area contributed by atoms with E-state index in [1.165, 1.54) is 12.8 Å². The number of aliphatic hydroxyl groups is 1. The quantitative estimate of drug-likeness (QED) is 0.641. The predicted molar refractivity (Wildman–Crippen MR) is 51.2 cm³/mol. The topological polar surface area (TPSA) is 29.5 Å². The van der Waals surface area contributed by atoms with Crippen LogP contribution in [0.2, 0.25) is 0 Å². The molecule has 0 aromatic carbocycles. The molecule has 0 amide bonds. The lowest BCUT2D eigenvalue weighted by atomic mass is 9.95. The van der Waals surface area contributed by atoms with Gasteiger partial charge in [0.2, 0.25) is 0 Å². The normalized spacial score (nSPS) is 13.8. The summed E-state index contributed by atoms with van der Waals surface area (Å²) in [6, 6.07) is 0. The summed E-state index contributed by atoms with van der Waals surface area (Å²) in [5, 5.41) is 9.53. The molecule has 0 aromatic heterocycles. The van der Waals surface area contributed by atoms with Gasteiger partial charge in [-0.1, -0.05) is 26.7 Å². The molecule has 2 nitrogen and oxygen atoms in total. The van der Waals surface area contributed by atoms with E-state index in [4.69, 9.17) is 4.74 Å². The van der Waals surface area contributed by atoms with Crippen molar-refractivity contribution in [2.24, 2.45) is 5.92 Å². The predicted octanol–water partition coefficient (Wildman–Crippen LogP) is 2.21. The van der Waals surface area contributed by atoms with Gasteiger partial charge in [0.15, 0.2) is 0 Å². The number of hydrogen-bond donors (Lipinski definition) is 1. The lowest BCUT2D eigenvalue weighted by molar-refractivity contribution is 0.0899. The molecule has 12 heavy (non-hydrogen) atoms. The van der Waals surface area contributed by atoms with Crippen LogP contribution in [0.1, 0.15) is 39.5 Å².